The number of carboxylic acids is 1. The lowest BCUT2D eigenvalue weighted by atomic mass is 10.0. The Balaban J connectivity index is 2.11. The summed E-state index contributed by atoms with van der Waals surface area (Å²) in [5.41, 5.74) is 7.69. The molecule has 0 aliphatic rings. The van der Waals surface area contributed by atoms with Gasteiger partial charge in [-0.05, 0) is 116 Å². The first-order valence-electron chi connectivity index (χ1n) is 20.5. The molecule has 0 spiro atoms. The van der Waals surface area contributed by atoms with Gasteiger partial charge in [-0.15, -0.1) is 0 Å². The highest BCUT2D eigenvalue weighted by molar-refractivity contribution is 5.99. The SMILES string of the molecule is CCCCc1ccc(-c2ccc(C(=O)N[C@@H](CCNC(=O)OC(C)(C)C)C(=O)N[C@H](C(=O)N[C@@H](N)C(=O)N[C@@H](CCCCNC(=O)OC(C)(C)C)C(=O)O)C(C)O)cc2)cc1. The number of nitrogens with one attached hydrogen (secondary N) is 6. The van der Waals surface area contributed by atoms with Crippen LogP contribution in [0, 0.1) is 0 Å². The molecular formula is C43H65N7O11. The van der Waals surface area contributed by atoms with E-state index in [0.717, 1.165) is 30.4 Å². The Labute approximate surface area is 357 Å². The summed E-state index contributed by atoms with van der Waals surface area (Å²) in [4.78, 5) is 89.3. The number of rotatable bonds is 22. The van der Waals surface area contributed by atoms with Gasteiger partial charge in [-0.3, -0.25) is 19.2 Å². The van der Waals surface area contributed by atoms with E-state index in [1.165, 1.54) is 12.5 Å². The lowest BCUT2D eigenvalue weighted by molar-refractivity contribution is -0.142. The molecular weight excluding hydrogens is 791 g/mol. The fourth-order valence-electron chi connectivity index (χ4n) is 5.67. The van der Waals surface area contributed by atoms with Crippen molar-refractivity contribution >= 4 is 41.8 Å². The molecule has 0 bridgehead atoms. The average molecular weight is 856 g/mol. The molecule has 18 heteroatoms. The standard InChI is InChI=1S/C43H65N7O11/c1-9-10-13-27-15-17-28(18-16-27)29-19-21-30(22-20-29)35(52)47-31(23-25-46-41(59)61-43(6,7)8)36(53)49-33(26(2)51)37(54)50-34(44)38(55)48-32(39(56)57)14-11-12-24-45-40(58)60-42(3,4)5/h15-22,26,31-34,51H,9-14,23-25,44H2,1-8H3,(H,45,58)(H,46,59)(H,47,52)(H,48,55)(H,49,53)(H,50,54)(H,56,57)/t26?,31-,32-,33-,34+/m0/s1. The van der Waals surface area contributed by atoms with Crippen LogP contribution in [0.1, 0.15) is 110 Å². The zero-order valence-electron chi connectivity index (χ0n) is 36.5. The molecule has 18 nitrogen and oxygen atoms in total. The molecule has 338 valence electrons. The Kier molecular flexibility index (Phi) is 20.6. The van der Waals surface area contributed by atoms with Crippen molar-refractivity contribution in [2.45, 2.75) is 142 Å². The van der Waals surface area contributed by atoms with Gasteiger partial charge < -0.3 is 57.3 Å². The van der Waals surface area contributed by atoms with Crippen molar-refractivity contribution in [2.75, 3.05) is 13.1 Å². The van der Waals surface area contributed by atoms with Crippen molar-refractivity contribution in [3.05, 3.63) is 59.7 Å². The third kappa shape index (κ3) is 19.9. The van der Waals surface area contributed by atoms with Crippen LogP contribution in [0.2, 0.25) is 0 Å². The average Bonchev–Trinajstić information content (AvgIpc) is 3.16. The molecule has 0 aliphatic carbocycles. The molecule has 6 amide bonds. The smallest absolute Gasteiger partial charge is 0.407 e. The summed E-state index contributed by atoms with van der Waals surface area (Å²) in [6.07, 6.45) is -1.08. The predicted molar refractivity (Wildman–Crippen MR) is 228 cm³/mol. The van der Waals surface area contributed by atoms with E-state index in [-0.39, 0.29) is 37.9 Å². The van der Waals surface area contributed by atoms with Gasteiger partial charge in [0.05, 0.1) is 6.10 Å². The molecule has 0 aliphatic heterocycles. The monoisotopic (exact) mass is 855 g/mol. The second kappa shape index (κ2) is 24.5. The van der Waals surface area contributed by atoms with Crippen LogP contribution in [0.3, 0.4) is 0 Å². The van der Waals surface area contributed by atoms with Gasteiger partial charge in [0.25, 0.3) is 11.8 Å². The highest BCUT2D eigenvalue weighted by Gasteiger charge is 2.33. The minimum absolute atomic E-state index is 0.0306. The highest BCUT2D eigenvalue weighted by atomic mass is 16.6. The van der Waals surface area contributed by atoms with E-state index in [1.54, 1.807) is 65.8 Å². The molecule has 0 heterocycles. The van der Waals surface area contributed by atoms with Gasteiger partial charge in [-0.2, -0.15) is 0 Å². The number of aliphatic carboxylic acids is 1. The third-order valence-corrected chi connectivity index (χ3v) is 8.82. The Morgan fingerprint density at radius 1 is 0.656 bits per heavy atom. The van der Waals surface area contributed by atoms with Crippen LogP contribution in [0.5, 0.6) is 0 Å². The molecule has 0 radical (unpaired) electrons. The van der Waals surface area contributed by atoms with Crippen LogP contribution < -0.4 is 37.6 Å². The third-order valence-electron chi connectivity index (χ3n) is 8.82. The number of hydrogen-bond donors (Lipinski definition) is 9. The lowest BCUT2D eigenvalue weighted by Crippen LogP contribution is -2.62. The van der Waals surface area contributed by atoms with Gasteiger partial charge in [0.15, 0.2) is 6.17 Å². The first-order chi connectivity index (χ1) is 28.5. The van der Waals surface area contributed by atoms with Crippen molar-refractivity contribution in [1.29, 1.82) is 0 Å². The zero-order valence-corrected chi connectivity index (χ0v) is 36.5. The van der Waals surface area contributed by atoms with E-state index in [9.17, 15) is 43.8 Å². The van der Waals surface area contributed by atoms with Crippen molar-refractivity contribution in [3.8, 4) is 11.1 Å². The van der Waals surface area contributed by atoms with Gasteiger partial charge in [-0.1, -0.05) is 49.7 Å². The quantitative estimate of drug-likeness (QED) is 0.0610. The molecule has 1 unspecified atom stereocenters. The van der Waals surface area contributed by atoms with Crippen LogP contribution >= 0.6 is 0 Å². The number of carbonyl (C=O) groups excluding carboxylic acids is 6. The summed E-state index contributed by atoms with van der Waals surface area (Å²) in [6.45, 7) is 13.6. The molecule has 0 aromatic heterocycles. The number of hydrogen-bond acceptors (Lipinski definition) is 11. The summed E-state index contributed by atoms with van der Waals surface area (Å²) in [5, 5.41) is 34.7. The highest BCUT2D eigenvalue weighted by Crippen LogP contribution is 2.21. The molecule has 5 atom stereocenters. The van der Waals surface area contributed by atoms with E-state index in [4.69, 9.17) is 15.2 Å². The van der Waals surface area contributed by atoms with Gasteiger partial charge in [-0.25, -0.2) is 14.4 Å². The molecule has 0 fully saturated rings. The summed E-state index contributed by atoms with van der Waals surface area (Å²) >= 11 is 0. The predicted octanol–water partition coefficient (Wildman–Crippen LogP) is 3.24. The first kappa shape index (κ1) is 51.4. The van der Waals surface area contributed by atoms with Crippen molar-refractivity contribution in [2.24, 2.45) is 5.73 Å². The van der Waals surface area contributed by atoms with E-state index in [2.05, 4.69) is 51.0 Å². The number of unbranched alkanes of at least 4 members (excludes halogenated alkanes) is 2. The molecule has 10 N–H and O–H groups in total. The fraction of sp³-hybridized carbons (Fsp3) is 0.558. The summed E-state index contributed by atoms with van der Waals surface area (Å²) < 4.78 is 10.4. The van der Waals surface area contributed by atoms with Crippen LogP contribution in [0.25, 0.3) is 11.1 Å². The van der Waals surface area contributed by atoms with E-state index in [1.807, 2.05) is 12.1 Å². The Bertz CT molecular complexity index is 1770. The number of nitrogens with two attached hydrogens (primary N) is 1. The number of aryl methyl sites for hydroxylation is 1. The van der Waals surface area contributed by atoms with Crippen molar-refractivity contribution in [1.82, 2.24) is 31.9 Å². The normalized spacial score (nSPS) is 13.9. The Hall–Kier alpha value is -5.75. The number of amides is 6. The minimum Gasteiger partial charge on any atom is -0.480 e. The van der Waals surface area contributed by atoms with Gasteiger partial charge in [0.2, 0.25) is 11.8 Å². The maximum Gasteiger partial charge on any atom is 0.407 e. The zero-order chi connectivity index (χ0) is 45.9. The van der Waals surface area contributed by atoms with Crippen LogP contribution in [0.4, 0.5) is 9.59 Å². The Morgan fingerprint density at radius 2 is 1.20 bits per heavy atom. The Morgan fingerprint density at radius 3 is 1.70 bits per heavy atom. The van der Waals surface area contributed by atoms with Crippen LogP contribution in [0.15, 0.2) is 48.5 Å². The number of aliphatic hydroxyl groups excluding tert-OH is 1. The second-order valence-electron chi connectivity index (χ2n) is 16.7. The van der Waals surface area contributed by atoms with Gasteiger partial charge in [0, 0.05) is 18.7 Å². The van der Waals surface area contributed by atoms with Crippen LogP contribution in [-0.2, 0) is 35.1 Å². The van der Waals surface area contributed by atoms with Gasteiger partial charge in [0.1, 0.15) is 29.3 Å². The minimum atomic E-state index is -1.79. The van der Waals surface area contributed by atoms with E-state index < -0.39 is 83.4 Å². The fourth-order valence-corrected chi connectivity index (χ4v) is 5.67. The lowest BCUT2D eigenvalue weighted by Gasteiger charge is -2.26. The first-order valence-corrected chi connectivity index (χ1v) is 20.5. The van der Waals surface area contributed by atoms with Crippen molar-refractivity contribution < 1.29 is 53.2 Å². The second-order valence-corrected chi connectivity index (χ2v) is 16.7. The molecule has 0 saturated carbocycles. The molecule has 2 rings (SSSR count). The number of carboxylic acid groups (broad SMARTS) is 1. The number of aliphatic hydroxyl groups is 1. The number of benzene rings is 2. The summed E-state index contributed by atoms with van der Waals surface area (Å²) in [5.74, 6) is -5.05. The molecule has 0 saturated heterocycles. The number of carbonyl (C=O) groups is 7. The van der Waals surface area contributed by atoms with E-state index >= 15 is 0 Å². The summed E-state index contributed by atoms with van der Waals surface area (Å²) in [7, 11) is 0. The molecule has 2 aromatic rings. The van der Waals surface area contributed by atoms with Crippen molar-refractivity contribution in [3.63, 3.8) is 0 Å². The topological polar surface area (TPSA) is 277 Å². The number of ether oxygens (including phenoxy) is 2. The molecule has 61 heavy (non-hydrogen) atoms. The van der Waals surface area contributed by atoms with Crippen LogP contribution in [-0.4, -0.2) is 107 Å². The largest absolute Gasteiger partial charge is 0.480 e. The summed E-state index contributed by atoms with van der Waals surface area (Å²) in [6, 6.07) is 10.5. The maximum absolute atomic E-state index is 13.7. The van der Waals surface area contributed by atoms with Gasteiger partial charge >= 0.3 is 18.2 Å². The van der Waals surface area contributed by atoms with E-state index in [0.29, 0.717) is 6.42 Å². The number of alkyl carbamates (subject to hydrolysis) is 2. The maximum atomic E-state index is 13.7. The molecule has 2 aromatic carbocycles.